The van der Waals surface area contributed by atoms with Gasteiger partial charge in [0.2, 0.25) is 0 Å². The normalized spacial score (nSPS) is 16.3. The van der Waals surface area contributed by atoms with Crippen LogP contribution < -0.4 is 4.90 Å². The summed E-state index contributed by atoms with van der Waals surface area (Å²) in [6.45, 7) is 6.31. The van der Waals surface area contributed by atoms with Crippen molar-refractivity contribution >= 4 is 22.9 Å². The minimum absolute atomic E-state index is 0.107. The van der Waals surface area contributed by atoms with E-state index in [1.165, 1.54) is 12.1 Å². The molecule has 3 rings (SSSR count). The molecule has 1 aliphatic heterocycles. The van der Waals surface area contributed by atoms with Crippen molar-refractivity contribution in [2.75, 3.05) is 11.9 Å². The van der Waals surface area contributed by atoms with Crippen molar-refractivity contribution in [3.63, 3.8) is 0 Å². The number of fused-ring (bicyclic) bond motifs is 1. The molecule has 0 bridgehead atoms. The molecule has 2 nitrogen and oxygen atoms in total. The molecule has 28 heavy (non-hydrogen) atoms. The number of alkyl halides is 3. The lowest BCUT2D eigenvalue weighted by molar-refractivity contribution is -0.137. The second kappa shape index (κ2) is 6.87. The Bertz CT molecular complexity index is 1020. The highest BCUT2D eigenvalue weighted by Crippen LogP contribution is 2.38. The Labute approximate surface area is 163 Å². The van der Waals surface area contributed by atoms with Gasteiger partial charge in [0.1, 0.15) is 0 Å². The lowest BCUT2D eigenvalue weighted by Crippen LogP contribution is -2.42. The van der Waals surface area contributed by atoms with Crippen LogP contribution in [0.3, 0.4) is 0 Å². The molecule has 0 unspecified atom stereocenters. The maximum absolute atomic E-state index is 13.0. The summed E-state index contributed by atoms with van der Waals surface area (Å²) in [6.07, 6.45) is -0.634. The summed E-state index contributed by atoms with van der Waals surface area (Å²) in [5, 5.41) is 9.52. The Morgan fingerprint density at radius 1 is 1.14 bits per heavy atom. The highest BCUT2D eigenvalue weighted by molar-refractivity contribution is 5.91. The molecule has 0 N–H and O–H groups in total. The molecular formula is C23H21F3N2. The van der Waals surface area contributed by atoms with Crippen LogP contribution in [0.5, 0.6) is 0 Å². The van der Waals surface area contributed by atoms with E-state index in [2.05, 4.69) is 24.8 Å². The van der Waals surface area contributed by atoms with E-state index in [9.17, 15) is 18.4 Å². The van der Waals surface area contributed by atoms with Crippen molar-refractivity contribution in [3.05, 3.63) is 70.8 Å². The number of anilines is 1. The minimum Gasteiger partial charge on any atom is -0.366 e. The van der Waals surface area contributed by atoms with Gasteiger partial charge in [-0.15, -0.1) is 0 Å². The molecular weight excluding hydrogens is 361 g/mol. The lowest BCUT2D eigenvalue weighted by atomic mass is 9.88. The Kier molecular flexibility index (Phi) is 4.84. The van der Waals surface area contributed by atoms with E-state index >= 15 is 0 Å². The van der Waals surface area contributed by atoms with Crippen LogP contribution in [0, 0.1) is 11.3 Å². The van der Waals surface area contributed by atoms with Gasteiger partial charge in [0.05, 0.1) is 22.7 Å². The monoisotopic (exact) mass is 382 g/mol. The van der Waals surface area contributed by atoms with Crippen LogP contribution in [0.25, 0.3) is 17.2 Å². The zero-order valence-corrected chi connectivity index (χ0v) is 16.2. The molecule has 0 atom stereocenters. The van der Waals surface area contributed by atoms with Crippen LogP contribution in [-0.2, 0) is 6.18 Å². The molecule has 144 valence electrons. The molecule has 0 saturated heterocycles. The van der Waals surface area contributed by atoms with Gasteiger partial charge in [-0.2, -0.15) is 18.4 Å². The van der Waals surface area contributed by atoms with Crippen molar-refractivity contribution in [2.45, 2.75) is 32.5 Å². The number of halogens is 3. The number of rotatable bonds is 2. The average molecular weight is 382 g/mol. The standard InChI is InChI=1S/C23H21F3N2/c1-15-13-22(2,3)28(4)21-9-8-16(11-20(15)21)10-18(14-27)17-6-5-7-19(12-17)23(24,25)26/h5-13H,1-4H3/b18-10+. The average Bonchev–Trinajstić information content (AvgIpc) is 2.63. The maximum atomic E-state index is 13.0. The molecule has 2 aromatic carbocycles. The van der Waals surface area contributed by atoms with Crippen molar-refractivity contribution in [1.82, 2.24) is 0 Å². The third-order valence-corrected chi connectivity index (χ3v) is 5.17. The highest BCUT2D eigenvalue weighted by atomic mass is 19.4. The number of benzene rings is 2. The van der Waals surface area contributed by atoms with Gasteiger partial charge in [-0.25, -0.2) is 0 Å². The molecule has 0 spiro atoms. The van der Waals surface area contributed by atoms with Crippen LogP contribution in [0.4, 0.5) is 18.9 Å². The number of likely N-dealkylation sites (N-methyl/N-ethyl adjacent to an activating group) is 1. The summed E-state index contributed by atoms with van der Waals surface area (Å²) in [5.74, 6) is 0. The molecule has 0 aliphatic carbocycles. The molecule has 1 heterocycles. The highest BCUT2D eigenvalue weighted by Gasteiger charge is 2.31. The van der Waals surface area contributed by atoms with Crippen molar-refractivity contribution in [2.24, 2.45) is 0 Å². The topological polar surface area (TPSA) is 27.0 Å². The summed E-state index contributed by atoms with van der Waals surface area (Å²) in [4.78, 5) is 2.18. The second-order valence-electron chi connectivity index (χ2n) is 7.56. The minimum atomic E-state index is -4.44. The van der Waals surface area contributed by atoms with Crippen LogP contribution >= 0.6 is 0 Å². The number of allylic oxidation sites excluding steroid dienone is 2. The molecule has 5 heteroatoms. The first-order chi connectivity index (χ1) is 13.0. The van der Waals surface area contributed by atoms with Crippen molar-refractivity contribution < 1.29 is 13.2 Å². The predicted molar refractivity (Wildman–Crippen MR) is 108 cm³/mol. The van der Waals surface area contributed by atoms with Gasteiger partial charge in [-0.1, -0.05) is 24.3 Å². The van der Waals surface area contributed by atoms with Crippen LogP contribution in [0.2, 0.25) is 0 Å². The number of nitrogens with zero attached hydrogens (tertiary/aromatic N) is 2. The van der Waals surface area contributed by atoms with Gasteiger partial charge in [-0.05, 0) is 67.8 Å². The van der Waals surface area contributed by atoms with Crippen molar-refractivity contribution in [1.29, 1.82) is 5.26 Å². The maximum Gasteiger partial charge on any atom is 0.416 e. The van der Waals surface area contributed by atoms with Crippen LogP contribution in [-0.4, -0.2) is 12.6 Å². The summed E-state index contributed by atoms with van der Waals surface area (Å²) in [5.41, 5.74) is 3.61. The number of nitriles is 1. The molecule has 0 fully saturated rings. The first-order valence-corrected chi connectivity index (χ1v) is 8.90. The Hall–Kier alpha value is -3.00. The molecule has 1 aliphatic rings. The van der Waals surface area contributed by atoms with Crippen LogP contribution in [0.15, 0.2) is 48.5 Å². The van der Waals surface area contributed by atoms with Gasteiger partial charge >= 0.3 is 6.18 Å². The van der Waals surface area contributed by atoms with E-state index in [0.29, 0.717) is 0 Å². The fourth-order valence-corrected chi connectivity index (χ4v) is 3.48. The third kappa shape index (κ3) is 3.68. The third-order valence-electron chi connectivity index (χ3n) is 5.17. The van der Waals surface area contributed by atoms with E-state index < -0.39 is 11.7 Å². The molecule has 0 radical (unpaired) electrons. The van der Waals surface area contributed by atoms with Gasteiger partial charge < -0.3 is 4.90 Å². The zero-order valence-electron chi connectivity index (χ0n) is 16.2. The van der Waals surface area contributed by atoms with E-state index in [1.54, 1.807) is 6.08 Å². The first-order valence-electron chi connectivity index (χ1n) is 8.90. The van der Waals surface area contributed by atoms with E-state index in [4.69, 9.17) is 0 Å². The number of hydrogen-bond donors (Lipinski definition) is 0. The van der Waals surface area contributed by atoms with Gasteiger partial charge in [0, 0.05) is 18.3 Å². The smallest absolute Gasteiger partial charge is 0.366 e. The number of hydrogen-bond acceptors (Lipinski definition) is 2. The van der Waals surface area contributed by atoms with Gasteiger partial charge in [0.25, 0.3) is 0 Å². The second-order valence-corrected chi connectivity index (χ2v) is 7.56. The summed E-state index contributed by atoms with van der Waals surface area (Å²) >= 11 is 0. The zero-order chi connectivity index (χ0) is 20.7. The Morgan fingerprint density at radius 3 is 2.50 bits per heavy atom. The molecule has 0 saturated carbocycles. The molecule has 0 amide bonds. The quantitative estimate of drug-likeness (QED) is 0.444. The van der Waals surface area contributed by atoms with Crippen molar-refractivity contribution in [3.8, 4) is 6.07 Å². The SMILES string of the molecule is CC1=CC(C)(C)N(C)c2ccc(/C=C(\C#N)c3cccc(C(F)(F)F)c3)cc21. The Morgan fingerprint density at radius 2 is 1.86 bits per heavy atom. The van der Waals surface area contributed by atoms with E-state index in [-0.39, 0.29) is 16.7 Å². The van der Waals surface area contributed by atoms with Gasteiger partial charge in [0.15, 0.2) is 0 Å². The van der Waals surface area contributed by atoms with Gasteiger partial charge in [-0.3, -0.25) is 0 Å². The van der Waals surface area contributed by atoms with E-state index in [0.717, 1.165) is 34.5 Å². The van der Waals surface area contributed by atoms with Crippen LogP contribution in [0.1, 0.15) is 43.0 Å². The fraction of sp³-hybridized carbons (Fsp3) is 0.261. The Balaban J connectivity index is 2.04. The predicted octanol–water partition coefficient (Wildman–Crippen LogP) is 6.40. The lowest BCUT2D eigenvalue weighted by Gasteiger charge is -2.40. The summed E-state index contributed by atoms with van der Waals surface area (Å²) in [6, 6.07) is 12.7. The molecule has 2 aromatic rings. The first kappa shape index (κ1) is 19.8. The summed E-state index contributed by atoms with van der Waals surface area (Å²) in [7, 11) is 2.03. The fourth-order valence-electron chi connectivity index (χ4n) is 3.48. The summed E-state index contributed by atoms with van der Waals surface area (Å²) < 4.78 is 38.9. The molecule has 0 aromatic heterocycles. The van der Waals surface area contributed by atoms with E-state index in [1.807, 2.05) is 38.2 Å². The largest absolute Gasteiger partial charge is 0.416 e.